The SMILES string of the molecule is O=C(COc1ccc(S(=O)(=O)N2CCOCC2)cc1Cl)Nc1c(Cl)cccc1Cl. The molecule has 1 amide bonds. The minimum atomic E-state index is -3.68. The highest BCUT2D eigenvalue weighted by Crippen LogP contribution is 2.31. The zero-order chi connectivity index (χ0) is 21.0. The van der Waals surface area contributed by atoms with Gasteiger partial charge in [-0.2, -0.15) is 4.31 Å². The van der Waals surface area contributed by atoms with Gasteiger partial charge >= 0.3 is 0 Å². The molecule has 156 valence electrons. The Balaban J connectivity index is 1.65. The molecule has 1 N–H and O–H groups in total. The van der Waals surface area contributed by atoms with Gasteiger partial charge in [0.2, 0.25) is 10.0 Å². The summed E-state index contributed by atoms with van der Waals surface area (Å²) in [4.78, 5) is 12.2. The Hall–Kier alpha value is -1.55. The highest BCUT2D eigenvalue weighted by Gasteiger charge is 2.27. The predicted octanol–water partition coefficient (Wildman–Crippen LogP) is 3.69. The lowest BCUT2D eigenvalue weighted by molar-refractivity contribution is -0.118. The second kappa shape index (κ2) is 9.51. The van der Waals surface area contributed by atoms with E-state index in [2.05, 4.69) is 5.32 Å². The molecule has 0 aromatic heterocycles. The van der Waals surface area contributed by atoms with Crippen LogP contribution in [0.5, 0.6) is 5.75 Å². The third-order valence-corrected chi connectivity index (χ3v) is 6.92. The lowest BCUT2D eigenvalue weighted by atomic mass is 10.3. The van der Waals surface area contributed by atoms with E-state index in [1.54, 1.807) is 18.2 Å². The van der Waals surface area contributed by atoms with E-state index in [4.69, 9.17) is 44.3 Å². The fourth-order valence-corrected chi connectivity index (χ4v) is 4.86. The van der Waals surface area contributed by atoms with Crippen LogP contribution in [0.25, 0.3) is 0 Å². The van der Waals surface area contributed by atoms with E-state index in [9.17, 15) is 13.2 Å². The van der Waals surface area contributed by atoms with Gasteiger partial charge in [0, 0.05) is 13.1 Å². The average Bonchev–Trinajstić information content (AvgIpc) is 2.70. The maximum absolute atomic E-state index is 12.7. The molecule has 1 saturated heterocycles. The Bertz CT molecular complexity index is 990. The minimum absolute atomic E-state index is 0.0454. The van der Waals surface area contributed by atoms with E-state index in [0.29, 0.717) is 23.3 Å². The highest BCUT2D eigenvalue weighted by atomic mass is 35.5. The average molecular weight is 480 g/mol. The van der Waals surface area contributed by atoms with Crippen molar-refractivity contribution in [2.45, 2.75) is 4.90 Å². The number of nitrogens with zero attached hydrogens (tertiary/aromatic N) is 1. The van der Waals surface area contributed by atoms with Gasteiger partial charge in [0.15, 0.2) is 6.61 Å². The third kappa shape index (κ3) is 5.33. The van der Waals surface area contributed by atoms with E-state index in [1.165, 1.54) is 22.5 Å². The maximum Gasteiger partial charge on any atom is 0.262 e. The van der Waals surface area contributed by atoms with Crippen molar-refractivity contribution in [3.05, 3.63) is 51.5 Å². The third-order valence-electron chi connectivity index (χ3n) is 4.10. The van der Waals surface area contributed by atoms with Gasteiger partial charge in [0.25, 0.3) is 5.91 Å². The van der Waals surface area contributed by atoms with Gasteiger partial charge in [-0.15, -0.1) is 0 Å². The van der Waals surface area contributed by atoms with Crippen LogP contribution in [0.4, 0.5) is 5.69 Å². The minimum Gasteiger partial charge on any atom is -0.482 e. The molecule has 1 heterocycles. The fourth-order valence-electron chi connectivity index (χ4n) is 2.63. The van der Waals surface area contributed by atoms with Gasteiger partial charge in [-0.25, -0.2) is 8.42 Å². The molecule has 3 rings (SSSR count). The molecule has 0 radical (unpaired) electrons. The Morgan fingerprint density at radius 1 is 1.07 bits per heavy atom. The summed E-state index contributed by atoms with van der Waals surface area (Å²) >= 11 is 18.2. The first-order chi connectivity index (χ1) is 13.8. The van der Waals surface area contributed by atoms with Crippen LogP contribution in [0.3, 0.4) is 0 Å². The van der Waals surface area contributed by atoms with Crippen molar-refractivity contribution in [2.24, 2.45) is 0 Å². The number of hydrogen-bond donors (Lipinski definition) is 1. The number of carbonyl (C=O) groups excluding carboxylic acids is 1. The van der Waals surface area contributed by atoms with Crippen LogP contribution in [0.15, 0.2) is 41.3 Å². The molecule has 11 heteroatoms. The van der Waals surface area contributed by atoms with E-state index < -0.39 is 15.9 Å². The van der Waals surface area contributed by atoms with Crippen molar-refractivity contribution in [3.8, 4) is 5.75 Å². The number of rotatable bonds is 6. The van der Waals surface area contributed by atoms with Gasteiger partial charge < -0.3 is 14.8 Å². The van der Waals surface area contributed by atoms with Crippen molar-refractivity contribution in [3.63, 3.8) is 0 Å². The summed E-state index contributed by atoms with van der Waals surface area (Å²) in [6.45, 7) is 0.889. The second-order valence-electron chi connectivity index (χ2n) is 6.04. The van der Waals surface area contributed by atoms with Gasteiger partial charge in [-0.05, 0) is 30.3 Å². The van der Waals surface area contributed by atoms with Crippen LogP contribution < -0.4 is 10.1 Å². The highest BCUT2D eigenvalue weighted by molar-refractivity contribution is 7.89. The lowest BCUT2D eigenvalue weighted by Crippen LogP contribution is -2.40. The molecule has 1 aliphatic heterocycles. The van der Waals surface area contributed by atoms with Gasteiger partial charge in [0.05, 0.1) is 38.9 Å². The van der Waals surface area contributed by atoms with Crippen molar-refractivity contribution >= 4 is 56.4 Å². The molecule has 7 nitrogen and oxygen atoms in total. The van der Waals surface area contributed by atoms with Crippen LogP contribution in [0.1, 0.15) is 0 Å². The molecule has 0 atom stereocenters. The molecular weight excluding hydrogens is 463 g/mol. The molecule has 0 unspecified atom stereocenters. The summed E-state index contributed by atoms with van der Waals surface area (Å²) < 4.78 is 37.3. The number of sulfonamides is 1. The lowest BCUT2D eigenvalue weighted by Gasteiger charge is -2.26. The summed E-state index contributed by atoms with van der Waals surface area (Å²) in [6, 6.07) is 8.93. The van der Waals surface area contributed by atoms with Crippen LogP contribution in [-0.4, -0.2) is 51.5 Å². The largest absolute Gasteiger partial charge is 0.482 e. The quantitative estimate of drug-likeness (QED) is 0.683. The van der Waals surface area contributed by atoms with Gasteiger partial charge in [0.1, 0.15) is 5.75 Å². The molecule has 0 spiro atoms. The van der Waals surface area contributed by atoms with Gasteiger partial charge in [-0.3, -0.25) is 4.79 Å². The second-order valence-corrected chi connectivity index (χ2v) is 9.20. The monoisotopic (exact) mass is 478 g/mol. The van der Waals surface area contributed by atoms with E-state index >= 15 is 0 Å². The smallest absolute Gasteiger partial charge is 0.262 e. The van der Waals surface area contributed by atoms with Crippen LogP contribution in [-0.2, 0) is 19.6 Å². The molecular formula is C18H17Cl3N2O5S. The Morgan fingerprint density at radius 2 is 1.72 bits per heavy atom. The molecule has 0 aliphatic carbocycles. The molecule has 29 heavy (non-hydrogen) atoms. The number of hydrogen-bond acceptors (Lipinski definition) is 5. The normalized spacial score (nSPS) is 15.1. The molecule has 1 fully saturated rings. The molecule has 2 aromatic carbocycles. The zero-order valence-corrected chi connectivity index (χ0v) is 18.1. The Labute approximate surface area is 183 Å². The summed E-state index contributed by atoms with van der Waals surface area (Å²) in [7, 11) is -3.68. The predicted molar refractivity (Wildman–Crippen MR) is 112 cm³/mol. The molecule has 1 aliphatic rings. The fraction of sp³-hybridized carbons (Fsp3) is 0.278. The number of amides is 1. The van der Waals surface area contributed by atoms with Gasteiger partial charge in [-0.1, -0.05) is 40.9 Å². The number of nitrogens with one attached hydrogen (secondary N) is 1. The van der Waals surface area contributed by atoms with E-state index in [0.717, 1.165) is 0 Å². The van der Waals surface area contributed by atoms with Crippen LogP contribution >= 0.6 is 34.8 Å². The molecule has 0 bridgehead atoms. The number of anilines is 1. The number of morpholine rings is 1. The number of carbonyl (C=O) groups is 1. The summed E-state index contributed by atoms with van der Waals surface area (Å²) in [5.74, 6) is -0.325. The summed E-state index contributed by atoms with van der Waals surface area (Å²) in [5.41, 5.74) is 0.280. The Morgan fingerprint density at radius 3 is 2.34 bits per heavy atom. The Kier molecular flexibility index (Phi) is 7.26. The summed E-state index contributed by atoms with van der Waals surface area (Å²) in [5, 5.41) is 3.22. The molecule has 0 saturated carbocycles. The first kappa shape index (κ1) is 22.1. The number of ether oxygens (including phenoxy) is 2. The topological polar surface area (TPSA) is 84.9 Å². The number of halogens is 3. The van der Waals surface area contributed by atoms with Crippen molar-refractivity contribution < 1.29 is 22.7 Å². The van der Waals surface area contributed by atoms with Crippen LogP contribution in [0, 0.1) is 0 Å². The standard InChI is InChI=1S/C18H17Cl3N2O5S/c19-13-2-1-3-14(20)18(13)22-17(24)11-28-16-5-4-12(10-15(16)21)29(25,26)23-6-8-27-9-7-23/h1-5,10H,6-9,11H2,(H,22,24). The number of para-hydroxylation sites is 1. The first-order valence-corrected chi connectivity index (χ1v) is 11.1. The summed E-state index contributed by atoms with van der Waals surface area (Å²) in [6.07, 6.45) is 0. The van der Waals surface area contributed by atoms with Crippen molar-refractivity contribution in [1.82, 2.24) is 4.31 Å². The van der Waals surface area contributed by atoms with Crippen molar-refractivity contribution in [2.75, 3.05) is 38.2 Å². The van der Waals surface area contributed by atoms with Crippen LogP contribution in [0.2, 0.25) is 15.1 Å². The first-order valence-electron chi connectivity index (χ1n) is 8.53. The zero-order valence-electron chi connectivity index (χ0n) is 15.0. The number of benzene rings is 2. The van der Waals surface area contributed by atoms with E-state index in [1.807, 2.05) is 0 Å². The van der Waals surface area contributed by atoms with E-state index in [-0.39, 0.29) is 41.1 Å². The molecule has 2 aromatic rings. The maximum atomic E-state index is 12.7. The van der Waals surface area contributed by atoms with Crippen molar-refractivity contribution in [1.29, 1.82) is 0 Å².